The van der Waals surface area contributed by atoms with Crippen molar-refractivity contribution < 1.29 is 14.6 Å². The Kier molecular flexibility index (Phi) is 4.06. The van der Waals surface area contributed by atoms with E-state index in [0.717, 1.165) is 11.3 Å². The van der Waals surface area contributed by atoms with Gasteiger partial charge >= 0.3 is 0 Å². The first-order valence-electron chi connectivity index (χ1n) is 6.04. The van der Waals surface area contributed by atoms with Crippen molar-refractivity contribution in [3.05, 3.63) is 41.7 Å². The Morgan fingerprint density at radius 1 is 1.26 bits per heavy atom. The van der Waals surface area contributed by atoms with Gasteiger partial charge in [0.2, 0.25) is 0 Å². The largest absolute Gasteiger partial charge is 0.497 e. The van der Waals surface area contributed by atoms with Crippen LogP contribution in [0, 0.1) is 6.92 Å². The number of aliphatic hydroxyl groups excluding tert-OH is 1. The molecule has 5 heteroatoms. The lowest BCUT2D eigenvalue weighted by Crippen LogP contribution is -2.12. The van der Waals surface area contributed by atoms with Gasteiger partial charge in [0.05, 0.1) is 20.8 Å². The number of nitrogens with zero attached hydrogens (tertiary/aromatic N) is 2. The van der Waals surface area contributed by atoms with Crippen LogP contribution in [0.25, 0.3) is 0 Å². The smallest absolute Gasteiger partial charge is 0.128 e. The van der Waals surface area contributed by atoms with E-state index in [-0.39, 0.29) is 0 Å². The SMILES string of the molecule is COc1ccc(C(O)Cn2nccc2C)c(OC)c1. The molecule has 1 heterocycles. The number of hydrogen-bond acceptors (Lipinski definition) is 4. The number of aryl methyl sites for hydroxylation is 1. The lowest BCUT2D eigenvalue weighted by Gasteiger charge is -2.16. The Morgan fingerprint density at radius 3 is 2.63 bits per heavy atom. The van der Waals surface area contributed by atoms with Gasteiger partial charge in [-0.05, 0) is 25.1 Å². The molecular formula is C14H18N2O3. The van der Waals surface area contributed by atoms with Crippen LogP contribution in [-0.4, -0.2) is 29.1 Å². The maximum atomic E-state index is 10.3. The molecule has 0 bridgehead atoms. The van der Waals surface area contributed by atoms with Crippen LogP contribution in [0.5, 0.6) is 11.5 Å². The molecule has 1 atom stereocenters. The van der Waals surface area contributed by atoms with E-state index in [1.807, 2.05) is 13.0 Å². The van der Waals surface area contributed by atoms with Crippen LogP contribution in [0.2, 0.25) is 0 Å². The Hall–Kier alpha value is -2.01. The number of methoxy groups -OCH3 is 2. The molecule has 1 unspecified atom stereocenters. The van der Waals surface area contributed by atoms with E-state index in [0.29, 0.717) is 18.0 Å². The van der Waals surface area contributed by atoms with E-state index in [1.54, 1.807) is 43.3 Å². The van der Waals surface area contributed by atoms with E-state index in [1.165, 1.54) is 0 Å². The molecule has 19 heavy (non-hydrogen) atoms. The zero-order valence-electron chi connectivity index (χ0n) is 11.3. The minimum atomic E-state index is -0.681. The summed E-state index contributed by atoms with van der Waals surface area (Å²) < 4.78 is 12.2. The van der Waals surface area contributed by atoms with Crippen molar-refractivity contribution in [1.82, 2.24) is 9.78 Å². The highest BCUT2D eigenvalue weighted by atomic mass is 16.5. The summed E-state index contributed by atoms with van der Waals surface area (Å²) in [6, 6.07) is 7.27. The molecule has 0 fully saturated rings. The second-order valence-corrected chi connectivity index (χ2v) is 4.28. The Morgan fingerprint density at radius 2 is 2.05 bits per heavy atom. The molecule has 102 valence electrons. The van der Waals surface area contributed by atoms with Gasteiger partial charge < -0.3 is 14.6 Å². The van der Waals surface area contributed by atoms with Crippen LogP contribution in [0.15, 0.2) is 30.5 Å². The number of hydrogen-bond donors (Lipinski definition) is 1. The van der Waals surface area contributed by atoms with Crippen molar-refractivity contribution in [3.8, 4) is 11.5 Å². The van der Waals surface area contributed by atoms with Gasteiger partial charge in [0.15, 0.2) is 0 Å². The molecule has 0 spiro atoms. The predicted molar refractivity (Wildman–Crippen MR) is 71.5 cm³/mol. The molecule has 0 radical (unpaired) electrons. The molecule has 0 aliphatic carbocycles. The molecule has 0 amide bonds. The van der Waals surface area contributed by atoms with Crippen LogP contribution in [0.1, 0.15) is 17.4 Å². The zero-order valence-corrected chi connectivity index (χ0v) is 11.3. The fourth-order valence-electron chi connectivity index (χ4n) is 1.95. The van der Waals surface area contributed by atoms with Gasteiger partial charge in [-0.15, -0.1) is 0 Å². The van der Waals surface area contributed by atoms with Crippen LogP contribution >= 0.6 is 0 Å². The minimum Gasteiger partial charge on any atom is -0.497 e. The Labute approximate surface area is 112 Å². The first-order chi connectivity index (χ1) is 9.15. The van der Waals surface area contributed by atoms with Crippen LogP contribution in [0.4, 0.5) is 0 Å². The summed E-state index contributed by atoms with van der Waals surface area (Å²) in [5.74, 6) is 1.31. The molecule has 0 aliphatic rings. The number of aliphatic hydroxyl groups is 1. The number of aromatic nitrogens is 2. The predicted octanol–water partition coefficient (Wildman–Crippen LogP) is 1.94. The van der Waals surface area contributed by atoms with Gasteiger partial charge in [-0.3, -0.25) is 4.68 Å². The fourth-order valence-corrected chi connectivity index (χ4v) is 1.95. The summed E-state index contributed by atoms with van der Waals surface area (Å²) in [5, 5.41) is 14.5. The number of rotatable bonds is 5. The third-order valence-electron chi connectivity index (χ3n) is 3.07. The Bertz CT molecular complexity index is 551. The molecule has 2 rings (SSSR count). The monoisotopic (exact) mass is 262 g/mol. The lowest BCUT2D eigenvalue weighted by atomic mass is 10.1. The second kappa shape index (κ2) is 5.75. The normalized spacial score (nSPS) is 12.2. The quantitative estimate of drug-likeness (QED) is 0.894. The van der Waals surface area contributed by atoms with E-state index in [4.69, 9.17) is 9.47 Å². The van der Waals surface area contributed by atoms with Crippen molar-refractivity contribution >= 4 is 0 Å². The van der Waals surface area contributed by atoms with Crippen LogP contribution in [0.3, 0.4) is 0 Å². The van der Waals surface area contributed by atoms with Crippen molar-refractivity contribution in [3.63, 3.8) is 0 Å². The summed E-state index contributed by atoms with van der Waals surface area (Å²) in [5.41, 5.74) is 1.73. The second-order valence-electron chi connectivity index (χ2n) is 4.28. The maximum absolute atomic E-state index is 10.3. The molecule has 5 nitrogen and oxygen atoms in total. The van der Waals surface area contributed by atoms with Gasteiger partial charge in [-0.25, -0.2) is 0 Å². The number of benzene rings is 1. The van der Waals surface area contributed by atoms with Crippen molar-refractivity contribution in [2.45, 2.75) is 19.6 Å². The van der Waals surface area contributed by atoms with Crippen LogP contribution < -0.4 is 9.47 Å². The Balaban J connectivity index is 2.23. The molecule has 1 aromatic carbocycles. The molecule has 1 aromatic heterocycles. The highest BCUT2D eigenvalue weighted by Gasteiger charge is 2.15. The maximum Gasteiger partial charge on any atom is 0.128 e. The van der Waals surface area contributed by atoms with E-state index in [9.17, 15) is 5.11 Å². The molecule has 0 saturated carbocycles. The van der Waals surface area contributed by atoms with Crippen LogP contribution in [-0.2, 0) is 6.54 Å². The first-order valence-corrected chi connectivity index (χ1v) is 6.04. The first kappa shape index (κ1) is 13.4. The highest BCUT2D eigenvalue weighted by molar-refractivity contribution is 5.41. The highest BCUT2D eigenvalue weighted by Crippen LogP contribution is 2.30. The van der Waals surface area contributed by atoms with Gasteiger partial charge in [-0.1, -0.05) is 0 Å². The van der Waals surface area contributed by atoms with Gasteiger partial charge in [-0.2, -0.15) is 5.10 Å². The average molecular weight is 262 g/mol. The summed E-state index contributed by atoms with van der Waals surface area (Å²) in [7, 11) is 3.17. The van der Waals surface area contributed by atoms with E-state index < -0.39 is 6.10 Å². The minimum absolute atomic E-state index is 0.390. The fraction of sp³-hybridized carbons (Fsp3) is 0.357. The third kappa shape index (κ3) is 2.88. The zero-order chi connectivity index (χ0) is 13.8. The summed E-state index contributed by atoms with van der Waals surface area (Å²) in [6.45, 7) is 2.34. The van der Waals surface area contributed by atoms with Gasteiger partial charge in [0, 0.05) is 23.5 Å². The van der Waals surface area contributed by atoms with Crippen molar-refractivity contribution in [1.29, 1.82) is 0 Å². The van der Waals surface area contributed by atoms with Crippen molar-refractivity contribution in [2.75, 3.05) is 14.2 Å². The lowest BCUT2D eigenvalue weighted by molar-refractivity contribution is 0.147. The average Bonchev–Trinajstić information content (AvgIpc) is 2.83. The summed E-state index contributed by atoms with van der Waals surface area (Å²) in [4.78, 5) is 0. The molecule has 2 aromatic rings. The van der Waals surface area contributed by atoms with Gasteiger partial charge in [0.25, 0.3) is 0 Å². The van der Waals surface area contributed by atoms with E-state index >= 15 is 0 Å². The molecule has 0 saturated heterocycles. The van der Waals surface area contributed by atoms with E-state index in [2.05, 4.69) is 5.10 Å². The summed E-state index contributed by atoms with van der Waals surface area (Å²) >= 11 is 0. The summed E-state index contributed by atoms with van der Waals surface area (Å²) in [6.07, 6.45) is 1.03. The topological polar surface area (TPSA) is 56.5 Å². The molecular weight excluding hydrogens is 244 g/mol. The van der Waals surface area contributed by atoms with Gasteiger partial charge in [0.1, 0.15) is 17.6 Å². The number of ether oxygens (including phenoxy) is 2. The molecule has 1 N–H and O–H groups in total. The standard InChI is InChI=1S/C14H18N2O3/c1-10-6-7-15-16(10)9-13(17)12-5-4-11(18-2)8-14(12)19-3/h4-8,13,17H,9H2,1-3H3. The third-order valence-corrected chi connectivity index (χ3v) is 3.07. The molecule has 0 aliphatic heterocycles. The van der Waals surface area contributed by atoms with Crippen molar-refractivity contribution in [2.24, 2.45) is 0 Å².